The second-order valence-corrected chi connectivity index (χ2v) is 6.36. The summed E-state index contributed by atoms with van der Waals surface area (Å²) in [5.74, 6) is 1.69. The smallest absolute Gasteiger partial charge is 0.120 e. The van der Waals surface area contributed by atoms with Gasteiger partial charge in [0.15, 0.2) is 0 Å². The van der Waals surface area contributed by atoms with Crippen molar-refractivity contribution in [2.24, 2.45) is 5.92 Å². The van der Waals surface area contributed by atoms with E-state index in [-0.39, 0.29) is 0 Å². The lowest BCUT2D eigenvalue weighted by Crippen LogP contribution is -2.11. The molecule has 116 valence electrons. The van der Waals surface area contributed by atoms with Gasteiger partial charge in [0.25, 0.3) is 0 Å². The lowest BCUT2D eigenvalue weighted by molar-refractivity contribution is 0.233. The molecular formula is C21H26O. The van der Waals surface area contributed by atoms with Gasteiger partial charge in [-0.3, -0.25) is 0 Å². The summed E-state index contributed by atoms with van der Waals surface area (Å²) in [6, 6.07) is 11.0. The highest BCUT2D eigenvalue weighted by Crippen LogP contribution is 2.32. The van der Waals surface area contributed by atoms with E-state index in [4.69, 9.17) is 4.74 Å². The first kappa shape index (κ1) is 15.1. The zero-order chi connectivity index (χ0) is 15.4. The highest BCUT2D eigenvalue weighted by molar-refractivity contribution is 5.96. The molecule has 2 aromatic rings. The summed E-state index contributed by atoms with van der Waals surface area (Å²) in [4.78, 5) is 0. The standard InChI is InChI=1S/C21H26O/c1-3-5-8-16(4-2)15-22-20-13-18-11-6-9-17-10-7-12-19(14-20)21(17)18/h6-7,9,11-14,16H,3-5,8,10,15H2,1-2H3. The van der Waals surface area contributed by atoms with Crippen LogP contribution in [0.4, 0.5) is 0 Å². The van der Waals surface area contributed by atoms with Gasteiger partial charge in [-0.25, -0.2) is 0 Å². The number of benzene rings is 2. The van der Waals surface area contributed by atoms with Gasteiger partial charge in [-0.2, -0.15) is 0 Å². The van der Waals surface area contributed by atoms with Gasteiger partial charge >= 0.3 is 0 Å². The van der Waals surface area contributed by atoms with Crippen LogP contribution in [0.5, 0.6) is 5.75 Å². The lowest BCUT2D eigenvalue weighted by Gasteiger charge is -2.18. The fourth-order valence-corrected chi connectivity index (χ4v) is 3.32. The molecule has 1 unspecified atom stereocenters. The van der Waals surface area contributed by atoms with E-state index in [1.54, 1.807) is 0 Å². The summed E-state index contributed by atoms with van der Waals surface area (Å²) < 4.78 is 6.14. The summed E-state index contributed by atoms with van der Waals surface area (Å²) in [6.45, 7) is 5.36. The minimum absolute atomic E-state index is 0.675. The first-order chi connectivity index (χ1) is 10.8. The maximum Gasteiger partial charge on any atom is 0.120 e. The maximum atomic E-state index is 6.14. The molecule has 1 heteroatoms. The molecular weight excluding hydrogens is 268 g/mol. The molecule has 0 fully saturated rings. The molecule has 2 aromatic carbocycles. The van der Waals surface area contributed by atoms with Crippen LogP contribution in [0.3, 0.4) is 0 Å². The molecule has 0 saturated heterocycles. The van der Waals surface area contributed by atoms with Crippen LogP contribution in [0.15, 0.2) is 36.4 Å². The minimum atomic E-state index is 0.675. The molecule has 0 heterocycles. The molecule has 0 N–H and O–H groups in total. The van der Waals surface area contributed by atoms with Gasteiger partial charge in [-0.05, 0) is 52.8 Å². The van der Waals surface area contributed by atoms with Crippen molar-refractivity contribution in [1.29, 1.82) is 0 Å². The molecule has 0 bridgehead atoms. The predicted molar refractivity (Wildman–Crippen MR) is 95.5 cm³/mol. The molecule has 0 spiro atoms. The highest BCUT2D eigenvalue weighted by atomic mass is 16.5. The van der Waals surface area contributed by atoms with E-state index >= 15 is 0 Å². The van der Waals surface area contributed by atoms with Crippen LogP contribution in [-0.2, 0) is 6.42 Å². The Bertz CT molecular complexity index is 669. The van der Waals surface area contributed by atoms with Crippen molar-refractivity contribution in [1.82, 2.24) is 0 Å². The number of rotatable bonds is 7. The molecule has 0 saturated carbocycles. The molecule has 1 nitrogen and oxygen atoms in total. The Labute approximate surface area is 134 Å². The minimum Gasteiger partial charge on any atom is -0.493 e. The van der Waals surface area contributed by atoms with Crippen molar-refractivity contribution in [3.8, 4) is 5.75 Å². The Kier molecular flexibility index (Phi) is 4.82. The Balaban J connectivity index is 1.79. The van der Waals surface area contributed by atoms with Gasteiger partial charge in [-0.15, -0.1) is 0 Å². The molecule has 22 heavy (non-hydrogen) atoms. The van der Waals surface area contributed by atoms with Gasteiger partial charge in [0, 0.05) is 0 Å². The van der Waals surface area contributed by atoms with E-state index < -0.39 is 0 Å². The first-order valence-corrected chi connectivity index (χ1v) is 8.66. The quantitative estimate of drug-likeness (QED) is 0.608. The molecule has 0 amide bonds. The van der Waals surface area contributed by atoms with Crippen LogP contribution >= 0.6 is 0 Å². The van der Waals surface area contributed by atoms with Crippen LogP contribution in [0.1, 0.15) is 50.7 Å². The molecule has 1 aliphatic carbocycles. The van der Waals surface area contributed by atoms with Crippen molar-refractivity contribution in [3.05, 3.63) is 47.5 Å². The third kappa shape index (κ3) is 3.19. The van der Waals surface area contributed by atoms with E-state index in [9.17, 15) is 0 Å². The van der Waals surface area contributed by atoms with Crippen LogP contribution in [0, 0.1) is 5.92 Å². The topological polar surface area (TPSA) is 9.23 Å². The Hall–Kier alpha value is -1.76. The molecule has 0 radical (unpaired) electrons. The van der Waals surface area contributed by atoms with E-state index in [2.05, 4.69) is 56.3 Å². The van der Waals surface area contributed by atoms with Gasteiger partial charge in [0.2, 0.25) is 0 Å². The SMILES string of the molecule is CCCCC(CC)COc1cc2c3c(cccc3c1)CC=C2. The molecule has 1 atom stereocenters. The van der Waals surface area contributed by atoms with Crippen LogP contribution in [-0.4, -0.2) is 6.61 Å². The number of hydrogen-bond donors (Lipinski definition) is 0. The molecule has 0 aliphatic heterocycles. The van der Waals surface area contributed by atoms with E-state index in [1.807, 2.05) is 0 Å². The highest BCUT2D eigenvalue weighted by Gasteiger charge is 2.12. The van der Waals surface area contributed by atoms with Crippen LogP contribution in [0.25, 0.3) is 16.8 Å². The van der Waals surface area contributed by atoms with Gasteiger partial charge in [-0.1, -0.05) is 63.5 Å². The van der Waals surface area contributed by atoms with Crippen LogP contribution < -0.4 is 4.74 Å². The fraction of sp³-hybridized carbons (Fsp3) is 0.429. The maximum absolute atomic E-state index is 6.14. The third-order valence-corrected chi connectivity index (χ3v) is 4.73. The van der Waals surface area contributed by atoms with Crippen molar-refractivity contribution in [3.63, 3.8) is 0 Å². The number of hydrogen-bond acceptors (Lipinski definition) is 1. The first-order valence-electron chi connectivity index (χ1n) is 8.66. The van der Waals surface area contributed by atoms with Crippen molar-refractivity contribution < 1.29 is 4.74 Å². The number of allylic oxidation sites excluding steroid dienone is 1. The zero-order valence-electron chi connectivity index (χ0n) is 13.8. The zero-order valence-corrected chi connectivity index (χ0v) is 13.8. The number of ether oxygens (including phenoxy) is 1. The summed E-state index contributed by atoms with van der Waals surface area (Å²) in [5.41, 5.74) is 2.73. The van der Waals surface area contributed by atoms with Crippen molar-refractivity contribution in [2.75, 3.05) is 6.61 Å². The largest absolute Gasteiger partial charge is 0.493 e. The predicted octanol–water partition coefficient (Wildman–Crippen LogP) is 6.00. The third-order valence-electron chi connectivity index (χ3n) is 4.73. The van der Waals surface area contributed by atoms with Crippen LogP contribution in [0.2, 0.25) is 0 Å². The molecule has 1 aliphatic rings. The summed E-state index contributed by atoms with van der Waals surface area (Å²) >= 11 is 0. The second-order valence-electron chi connectivity index (χ2n) is 6.36. The molecule has 0 aromatic heterocycles. The van der Waals surface area contributed by atoms with E-state index in [0.717, 1.165) is 18.8 Å². The Morgan fingerprint density at radius 1 is 1.18 bits per heavy atom. The lowest BCUT2D eigenvalue weighted by atomic mass is 9.93. The average molecular weight is 294 g/mol. The van der Waals surface area contributed by atoms with Crippen molar-refractivity contribution >= 4 is 16.8 Å². The normalized spacial score (nSPS) is 14.3. The van der Waals surface area contributed by atoms with E-state index in [1.165, 1.54) is 47.6 Å². The monoisotopic (exact) mass is 294 g/mol. The summed E-state index contributed by atoms with van der Waals surface area (Å²) in [5, 5.41) is 2.70. The Morgan fingerprint density at radius 3 is 2.91 bits per heavy atom. The average Bonchev–Trinajstić information content (AvgIpc) is 2.55. The van der Waals surface area contributed by atoms with Gasteiger partial charge < -0.3 is 4.74 Å². The van der Waals surface area contributed by atoms with Crippen molar-refractivity contribution in [2.45, 2.75) is 46.0 Å². The summed E-state index contributed by atoms with van der Waals surface area (Å²) in [7, 11) is 0. The fourth-order valence-electron chi connectivity index (χ4n) is 3.32. The number of unbranched alkanes of at least 4 members (excludes halogenated alkanes) is 1. The Morgan fingerprint density at radius 2 is 2.09 bits per heavy atom. The van der Waals surface area contributed by atoms with Gasteiger partial charge in [0.1, 0.15) is 5.75 Å². The summed E-state index contributed by atoms with van der Waals surface area (Å²) in [6.07, 6.45) is 10.6. The second kappa shape index (κ2) is 7.00. The molecule has 3 rings (SSSR count). The van der Waals surface area contributed by atoms with E-state index in [0.29, 0.717) is 5.92 Å². The van der Waals surface area contributed by atoms with Gasteiger partial charge in [0.05, 0.1) is 6.61 Å².